The van der Waals surface area contributed by atoms with Crippen molar-refractivity contribution in [1.29, 1.82) is 0 Å². The van der Waals surface area contributed by atoms with E-state index in [0.29, 0.717) is 0 Å². The molecule has 1 heterocycles. The first-order chi connectivity index (χ1) is 8.27. The highest BCUT2D eigenvalue weighted by molar-refractivity contribution is 4.79. The third-order valence-electron chi connectivity index (χ3n) is 3.89. The average molecular weight is 242 g/mol. The van der Waals surface area contributed by atoms with Crippen molar-refractivity contribution in [2.45, 2.75) is 83.2 Å². The van der Waals surface area contributed by atoms with Crippen LogP contribution in [0.15, 0.2) is 0 Å². The van der Waals surface area contributed by atoms with Crippen molar-refractivity contribution < 1.29 is 9.84 Å². The molecule has 1 N–H and O–H groups in total. The van der Waals surface area contributed by atoms with E-state index in [-0.39, 0.29) is 0 Å². The third-order valence-corrected chi connectivity index (χ3v) is 3.89. The van der Waals surface area contributed by atoms with E-state index in [0.717, 1.165) is 38.9 Å². The Morgan fingerprint density at radius 1 is 0.941 bits per heavy atom. The van der Waals surface area contributed by atoms with Gasteiger partial charge in [0.1, 0.15) is 0 Å². The Labute approximate surface area is 107 Å². The second kappa shape index (κ2) is 8.93. The molecule has 0 aliphatic carbocycles. The van der Waals surface area contributed by atoms with Gasteiger partial charge in [0.2, 0.25) is 0 Å². The predicted molar refractivity (Wildman–Crippen MR) is 72.2 cm³/mol. The molecule has 0 amide bonds. The zero-order valence-corrected chi connectivity index (χ0v) is 11.5. The fraction of sp³-hybridized carbons (Fsp3) is 1.00. The van der Waals surface area contributed by atoms with Crippen molar-refractivity contribution in [3.63, 3.8) is 0 Å². The van der Waals surface area contributed by atoms with Gasteiger partial charge in [-0.15, -0.1) is 0 Å². The van der Waals surface area contributed by atoms with Crippen LogP contribution in [-0.4, -0.2) is 23.9 Å². The van der Waals surface area contributed by atoms with Crippen LogP contribution in [-0.2, 0) is 4.74 Å². The minimum Gasteiger partial charge on any atom is -0.390 e. The highest BCUT2D eigenvalue weighted by atomic mass is 16.5. The molecule has 1 aliphatic heterocycles. The van der Waals surface area contributed by atoms with E-state index in [1.54, 1.807) is 0 Å². The monoisotopic (exact) mass is 242 g/mol. The molecule has 1 fully saturated rings. The van der Waals surface area contributed by atoms with E-state index < -0.39 is 5.60 Å². The van der Waals surface area contributed by atoms with E-state index in [4.69, 9.17) is 4.74 Å². The highest BCUT2D eigenvalue weighted by Crippen LogP contribution is 2.27. The Hall–Kier alpha value is -0.0800. The van der Waals surface area contributed by atoms with E-state index in [1.807, 2.05) is 0 Å². The topological polar surface area (TPSA) is 29.5 Å². The van der Waals surface area contributed by atoms with E-state index in [1.165, 1.54) is 44.9 Å². The molecule has 1 saturated heterocycles. The molecule has 0 saturated carbocycles. The minimum absolute atomic E-state index is 0.417. The maximum atomic E-state index is 10.4. The van der Waals surface area contributed by atoms with E-state index in [9.17, 15) is 5.11 Å². The van der Waals surface area contributed by atoms with Crippen LogP contribution in [0.4, 0.5) is 0 Å². The fourth-order valence-corrected chi connectivity index (χ4v) is 2.65. The highest BCUT2D eigenvalue weighted by Gasteiger charge is 2.27. The maximum absolute atomic E-state index is 10.4. The second-order valence-corrected chi connectivity index (χ2v) is 5.56. The van der Waals surface area contributed by atoms with Crippen molar-refractivity contribution in [2.24, 2.45) is 0 Å². The zero-order valence-electron chi connectivity index (χ0n) is 11.5. The van der Waals surface area contributed by atoms with Crippen LogP contribution >= 0.6 is 0 Å². The molecule has 102 valence electrons. The van der Waals surface area contributed by atoms with Crippen LogP contribution in [0, 0.1) is 0 Å². The van der Waals surface area contributed by atoms with Crippen LogP contribution in [0.5, 0.6) is 0 Å². The summed E-state index contributed by atoms with van der Waals surface area (Å²) in [6, 6.07) is 0. The molecule has 1 atom stereocenters. The smallest absolute Gasteiger partial charge is 0.0670 e. The molecule has 1 rings (SSSR count). The summed E-state index contributed by atoms with van der Waals surface area (Å²) >= 11 is 0. The standard InChI is InChI=1S/C15H30O2/c1-2-3-4-5-6-7-8-10-15(16)11-9-13-17-14-12-15/h16H,2-14H2,1H3. The van der Waals surface area contributed by atoms with Crippen molar-refractivity contribution in [1.82, 2.24) is 0 Å². The van der Waals surface area contributed by atoms with Gasteiger partial charge in [-0.25, -0.2) is 0 Å². The molecule has 0 radical (unpaired) electrons. The number of ether oxygens (including phenoxy) is 1. The number of unbranched alkanes of at least 4 members (excludes halogenated alkanes) is 6. The van der Waals surface area contributed by atoms with Gasteiger partial charge in [0.15, 0.2) is 0 Å². The van der Waals surface area contributed by atoms with Crippen molar-refractivity contribution >= 4 is 0 Å². The summed E-state index contributed by atoms with van der Waals surface area (Å²) in [4.78, 5) is 0. The van der Waals surface area contributed by atoms with Gasteiger partial charge in [-0.2, -0.15) is 0 Å². The Morgan fingerprint density at radius 2 is 1.65 bits per heavy atom. The van der Waals surface area contributed by atoms with Gasteiger partial charge in [0, 0.05) is 13.2 Å². The lowest BCUT2D eigenvalue weighted by Gasteiger charge is -2.25. The molecule has 0 aromatic heterocycles. The van der Waals surface area contributed by atoms with Gasteiger partial charge >= 0.3 is 0 Å². The normalized spacial score (nSPS) is 25.8. The second-order valence-electron chi connectivity index (χ2n) is 5.56. The van der Waals surface area contributed by atoms with E-state index >= 15 is 0 Å². The lowest BCUT2D eigenvalue weighted by molar-refractivity contribution is 0.00844. The summed E-state index contributed by atoms with van der Waals surface area (Å²) in [5.74, 6) is 0. The molecule has 2 heteroatoms. The SMILES string of the molecule is CCCCCCCCCC1(O)CCCOCC1. The largest absolute Gasteiger partial charge is 0.390 e. The molecule has 0 aromatic rings. The zero-order chi connectivity index (χ0) is 12.4. The number of aliphatic hydroxyl groups is 1. The molecule has 0 bridgehead atoms. The molecular weight excluding hydrogens is 212 g/mol. The first-order valence-corrected chi connectivity index (χ1v) is 7.57. The van der Waals surface area contributed by atoms with Crippen LogP contribution in [0.2, 0.25) is 0 Å². The number of hydrogen-bond acceptors (Lipinski definition) is 2. The molecule has 1 unspecified atom stereocenters. The lowest BCUT2D eigenvalue weighted by atomic mass is 9.89. The van der Waals surface area contributed by atoms with Crippen molar-refractivity contribution in [3.05, 3.63) is 0 Å². The number of rotatable bonds is 8. The molecular formula is C15H30O2. The quantitative estimate of drug-likeness (QED) is 0.650. The van der Waals surface area contributed by atoms with Gasteiger partial charge < -0.3 is 9.84 Å². The Bertz CT molecular complexity index is 172. The third kappa shape index (κ3) is 7.05. The van der Waals surface area contributed by atoms with Crippen LogP contribution in [0.25, 0.3) is 0 Å². The van der Waals surface area contributed by atoms with Crippen LogP contribution < -0.4 is 0 Å². The first-order valence-electron chi connectivity index (χ1n) is 7.57. The van der Waals surface area contributed by atoms with Gasteiger partial charge in [0.05, 0.1) is 5.60 Å². The van der Waals surface area contributed by atoms with Gasteiger partial charge in [0.25, 0.3) is 0 Å². The van der Waals surface area contributed by atoms with Crippen molar-refractivity contribution in [3.8, 4) is 0 Å². The van der Waals surface area contributed by atoms with Gasteiger partial charge in [-0.1, -0.05) is 51.9 Å². The summed E-state index contributed by atoms with van der Waals surface area (Å²) in [6.07, 6.45) is 13.0. The van der Waals surface area contributed by atoms with E-state index in [2.05, 4.69) is 6.92 Å². The summed E-state index contributed by atoms with van der Waals surface area (Å²) in [5.41, 5.74) is -0.417. The molecule has 0 aromatic carbocycles. The summed E-state index contributed by atoms with van der Waals surface area (Å²) in [7, 11) is 0. The van der Waals surface area contributed by atoms with Gasteiger partial charge in [-0.05, 0) is 25.7 Å². The fourth-order valence-electron chi connectivity index (χ4n) is 2.65. The summed E-state index contributed by atoms with van der Waals surface area (Å²) < 4.78 is 5.40. The number of hydrogen-bond donors (Lipinski definition) is 1. The Balaban J connectivity index is 2.00. The molecule has 1 aliphatic rings. The summed E-state index contributed by atoms with van der Waals surface area (Å²) in [5, 5.41) is 10.4. The van der Waals surface area contributed by atoms with Crippen molar-refractivity contribution in [2.75, 3.05) is 13.2 Å². The maximum Gasteiger partial charge on any atom is 0.0670 e. The Kier molecular flexibility index (Phi) is 7.87. The van der Waals surface area contributed by atoms with Gasteiger partial charge in [-0.3, -0.25) is 0 Å². The van der Waals surface area contributed by atoms with Crippen LogP contribution in [0.3, 0.4) is 0 Å². The summed E-state index contributed by atoms with van der Waals surface area (Å²) in [6.45, 7) is 3.83. The average Bonchev–Trinajstić information content (AvgIpc) is 2.53. The minimum atomic E-state index is -0.417. The molecule has 0 spiro atoms. The molecule has 2 nitrogen and oxygen atoms in total. The molecule has 17 heavy (non-hydrogen) atoms. The first kappa shape index (κ1) is 15.0. The predicted octanol–water partition coefficient (Wildman–Crippen LogP) is 4.06. The van der Waals surface area contributed by atoms with Crippen LogP contribution in [0.1, 0.15) is 77.6 Å². The lowest BCUT2D eigenvalue weighted by Crippen LogP contribution is -2.28. The Morgan fingerprint density at radius 3 is 2.41 bits per heavy atom.